The van der Waals surface area contributed by atoms with Gasteiger partial charge in [0.25, 0.3) is 5.91 Å². The van der Waals surface area contributed by atoms with Crippen LogP contribution in [-0.2, 0) is 4.74 Å². The molecule has 0 aliphatic carbocycles. The molecule has 0 N–H and O–H groups in total. The maximum atomic E-state index is 13.4. The van der Waals surface area contributed by atoms with Crippen LogP contribution in [0.25, 0.3) is 11.3 Å². The first-order valence-corrected chi connectivity index (χ1v) is 9.21. The largest absolute Gasteiger partial charge is 0.381 e. The summed E-state index contributed by atoms with van der Waals surface area (Å²) in [6.07, 6.45) is 1.92. The van der Waals surface area contributed by atoms with Crippen molar-refractivity contribution < 1.29 is 14.1 Å². The molecule has 2 saturated heterocycles. The highest BCUT2D eigenvalue weighted by atomic mass is 16.5. The van der Waals surface area contributed by atoms with Crippen molar-refractivity contribution in [2.24, 2.45) is 0 Å². The van der Waals surface area contributed by atoms with E-state index >= 15 is 0 Å². The zero-order valence-corrected chi connectivity index (χ0v) is 15.4. The van der Waals surface area contributed by atoms with Gasteiger partial charge < -0.3 is 14.2 Å². The van der Waals surface area contributed by atoms with Gasteiger partial charge in [-0.1, -0.05) is 35.5 Å². The summed E-state index contributed by atoms with van der Waals surface area (Å²) in [5.41, 5.74) is 2.14. The number of amides is 1. The van der Waals surface area contributed by atoms with Gasteiger partial charge >= 0.3 is 0 Å². The molecule has 2 aliphatic rings. The van der Waals surface area contributed by atoms with Crippen LogP contribution >= 0.6 is 0 Å². The second kappa shape index (κ2) is 6.85. The molecule has 6 nitrogen and oxygen atoms in total. The first-order valence-electron chi connectivity index (χ1n) is 9.21. The van der Waals surface area contributed by atoms with E-state index < -0.39 is 0 Å². The van der Waals surface area contributed by atoms with E-state index in [1.54, 1.807) is 0 Å². The molecule has 2 fully saturated rings. The minimum absolute atomic E-state index is 0.0153. The Bertz CT molecular complexity index is 781. The molecule has 0 unspecified atom stereocenters. The molecule has 0 saturated carbocycles. The number of aryl methyl sites for hydroxylation is 1. The maximum absolute atomic E-state index is 13.4. The van der Waals surface area contributed by atoms with Crippen LogP contribution in [0.15, 0.2) is 34.9 Å². The fourth-order valence-electron chi connectivity index (χ4n) is 4.10. The van der Waals surface area contributed by atoms with Gasteiger partial charge in [-0.05, 0) is 26.8 Å². The monoisotopic (exact) mass is 355 g/mol. The van der Waals surface area contributed by atoms with Crippen molar-refractivity contribution in [1.82, 2.24) is 15.0 Å². The summed E-state index contributed by atoms with van der Waals surface area (Å²) in [6.45, 7) is 5.65. The predicted molar refractivity (Wildman–Crippen MR) is 98.0 cm³/mol. The molecule has 1 aromatic heterocycles. The second-order valence-corrected chi connectivity index (χ2v) is 7.31. The molecule has 26 heavy (non-hydrogen) atoms. The Balaban J connectivity index is 1.63. The van der Waals surface area contributed by atoms with Crippen molar-refractivity contribution in [3.63, 3.8) is 0 Å². The molecule has 138 valence electrons. The quantitative estimate of drug-likeness (QED) is 0.829. The lowest BCUT2D eigenvalue weighted by atomic mass is 9.85. The van der Waals surface area contributed by atoms with Gasteiger partial charge in [0.15, 0.2) is 0 Å². The Kier molecular flexibility index (Phi) is 4.54. The number of hydrogen-bond donors (Lipinski definition) is 0. The topological polar surface area (TPSA) is 58.8 Å². The molecule has 0 atom stereocenters. The van der Waals surface area contributed by atoms with E-state index in [0.717, 1.165) is 51.3 Å². The molecule has 1 amide bonds. The number of benzene rings is 1. The number of rotatable bonds is 2. The zero-order valence-electron chi connectivity index (χ0n) is 15.4. The number of ether oxygens (including phenoxy) is 1. The molecular formula is C20H25N3O3. The standard InChI is InChI=1S/C20H25N3O3/c1-15-17(18(21-26-15)16-6-4-3-5-7-16)19(24)23-11-10-22(2)20(14-23)8-12-25-13-9-20/h3-7H,8-14H2,1-2H3. The molecule has 0 bridgehead atoms. The lowest BCUT2D eigenvalue weighted by Gasteiger charge is -2.51. The van der Waals surface area contributed by atoms with Crippen LogP contribution in [0.2, 0.25) is 0 Å². The van der Waals surface area contributed by atoms with Crippen molar-refractivity contribution in [2.75, 3.05) is 39.9 Å². The van der Waals surface area contributed by atoms with Crippen LogP contribution in [0.1, 0.15) is 29.0 Å². The highest BCUT2D eigenvalue weighted by Crippen LogP contribution is 2.33. The number of carbonyl (C=O) groups excluding carboxylic acids is 1. The summed E-state index contributed by atoms with van der Waals surface area (Å²) in [4.78, 5) is 17.8. The molecule has 2 aromatic rings. The summed E-state index contributed by atoms with van der Waals surface area (Å²) in [6, 6.07) is 9.75. The molecule has 1 spiro atoms. The minimum atomic E-state index is 0.0153. The summed E-state index contributed by atoms with van der Waals surface area (Å²) < 4.78 is 10.9. The van der Waals surface area contributed by atoms with E-state index in [2.05, 4.69) is 17.1 Å². The van der Waals surface area contributed by atoms with E-state index in [-0.39, 0.29) is 11.4 Å². The molecule has 2 aliphatic heterocycles. The van der Waals surface area contributed by atoms with Gasteiger partial charge in [0.2, 0.25) is 0 Å². The highest BCUT2D eigenvalue weighted by Gasteiger charge is 2.43. The van der Waals surface area contributed by atoms with Crippen LogP contribution in [0.5, 0.6) is 0 Å². The maximum Gasteiger partial charge on any atom is 0.259 e. The first kappa shape index (κ1) is 17.2. The van der Waals surface area contributed by atoms with Crippen molar-refractivity contribution in [3.05, 3.63) is 41.7 Å². The van der Waals surface area contributed by atoms with Crippen LogP contribution in [0.4, 0.5) is 0 Å². The Morgan fingerprint density at radius 3 is 2.62 bits per heavy atom. The molecule has 6 heteroatoms. The molecule has 0 radical (unpaired) electrons. The average molecular weight is 355 g/mol. The van der Waals surface area contributed by atoms with Crippen molar-refractivity contribution >= 4 is 5.91 Å². The number of nitrogens with zero attached hydrogens (tertiary/aromatic N) is 3. The van der Waals surface area contributed by atoms with Gasteiger partial charge in [-0.3, -0.25) is 9.69 Å². The summed E-state index contributed by atoms with van der Waals surface area (Å²) in [7, 11) is 2.16. The van der Waals surface area contributed by atoms with Crippen molar-refractivity contribution in [2.45, 2.75) is 25.3 Å². The normalized spacial score (nSPS) is 20.5. The van der Waals surface area contributed by atoms with E-state index in [1.807, 2.05) is 42.2 Å². The van der Waals surface area contributed by atoms with E-state index in [0.29, 0.717) is 17.0 Å². The summed E-state index contributed by atoms with van der Waals surface area (Å²) in [5, 5.41) is 4.17. The number of aromatic nitrogens is 1. The van der Waals surface area contributed by atoms with E-state index in [4.69, 9.17) is 9.26 Å². The lowest BCUT2D eigenvalue weighted by molar-refractivity contribution is -0.0543. The van der Waals surface area contributed by atoms with Gasteiger partial charge in [0.1, 0.15) is 17.0 Å². The minimum Gasteiger partial charge on any atom is -0.381 e. The second-order valence-electron chi connectivity index (χ2n) is 7.31. The average Bonchev–Trinajstić information content (AvgIpc) is 3.06. The lowest BCUT2D eigenvalue weighted by Crippen LogP contribution is -2.63. The van der Waals surface area contributed by atoms with Crippen LogP contribution < -0.4 is 0 Å². The Labute approximate surface area is 153 Å². The smallest absolute Gasteiger partial charge is 0.259 e. The fourth-order valence-corrected chi connectivity index (χ4v) is 4.10. The van der Waals surface area contributed by atoms with Gasteiger partial charge in [-0.2, -0.15) is 0 Å². The van der Waals surface area contributed by atoms with Gasteiger partial charge in [0.05, 0.1) is 0 Å². The third-order valence-electron chi connectivity index (χ3n) is 5.83. The molecular weight excluding hydrogens is 330 g/mol. The number of carbonyl (C=O) groups is 1. The summed E-state index contributed by atoms with van der Waals surface area (Å²) in [5.74, 6) is 0.593. The van der Waals surface area contributed by atoms with Gasteiger partial charge in [-0.15, -0.1) is 0 Å². The van der Waals surface area contributed by atoms with Crippen LogP contribution in [0.3, 0.4) is 0 Å². The van der Waals surface area contributed by atoms with E-state index in [9.17, 15) is 4.79 Å². The number of hydrogen-bond acceptors (Lipinski definition) is 5. The third kappa shape index (κ3) is 2.93. The highest BCUT2D eigenvalue weighted by molar-refractivity contribution is 6.00. The Morgan fingerprint density at radius 2 is 1.88 bits per heavy atom. The molecule has 1 aromatic carbocycles. The summed E-state index contributed by atoms with van der Waals surface area (Å²) >= 11 is 0. The SMILES string of the molecule is Cc1onc(-c2ccccc2)c1C(=O)N1CCN(C)C2(CCOCC2)C1. The van der Waals surface area contributed by atoms with Gasteiger partial charge in [0, 0.05) is 44.0 Å². The Hall–Kier alpha value is -2.18. The number of piperazine rings is 1. The Morgan fingerprint density at radius 1 is 1.15 bits per heavy atom. The van der Waals surface area contributed by atoms with Crippen molar-refractivity contribution in [1.29, 1.82) is 0 Å². The first-order chi connectivity index (χ1) is 12.6. The predicted octanol–water partition coefficient (Wildman–Crippen LogP) is 2.59. The van der Waals surface area contributed by atoms with Gasteiger partial charge in [-0.25, -0.2) is 0 Å². The fraction of sp³-hybridized carbons (Fsp3) is 0.500. The van der Waals surface area contributed by atoms with Crippen LogP contribution in [-0.4, -0.2) is 66.3 Å². The number of likely N-dealkylation sites (N-methyl/N-ethyl adjacent to an activating group) is 1. The van der Waals surface area contributed by atoms with Crippen molar-refractivity contribution in [3.8, 4) is 11.3 Å². The van der Waals surface area contributed by atoms with E-state index in [1.165, 1.54) is 0 Å². The molecule has 3 heterocycles. The molecule has 4 rings (SSSR count). The third-order valence-corrected chi connectivity index (χ3v) is 5.83. The zero-order chi connectivity index (χ0) is 18.1. The van der Waals surface area contributed by atoms with Crippen LogP contribution in [0, 0.1) is 6.92 Å².